The van der Waals surface area contributed by atoms with Crippen molar-refractivity contribution in [2.75, 3.05) is 23.8 Å². The number of rotatable bonds is 4. The summed E-state index contributed by atoms with van der Waals surface area (Å²) in [4.78, 5) is 14.1. The van der Waals surface area contributed by atoms with E-state index in [1.807, 2.05) is 12.1 Å². The number of carbonyl (C=O) groups excluding carboxylic acids is 1. The van der Waals surface area contributed by atoms with Crippen molar-refractivity contribution in [2.45, 2.75) is 17.6 Å². The van der Waals surface area contributed by atoms with Gasteiger partial charge in [0.1, 0.15) is 5.37 Å². The molecule has 1 aromatic rings. The minimum absolute atomic E-state index is 0.0601. The van der Waals surface area contributed by atoms with E-state index in [0.29, 0.717) is 17.9 Å². The molecule has 2 rings (SSSR count). The van der Waals surface area contributed by atoms with Crippen LogP contribution in [0.15, 0.2) is 24.3 Å². The lowest BCUT2D eigenvalue weighted by Crippen LogP contribution is -2.50. The number of amides is 1. The van der Waals surface area contributed by atoms with Gasteiger partial charge in [-0.15, -0.1) is 0 Å². The Balaban J connectivity index is 2.26. The second-order valence-corrected chi connectivity index (χ2v) is 8.97. The Bertz CT molecular complexity index is 601. The van der Waals surface area contributed by atoms with Crippen molar-refractivity contribution in [1.29, 1.82) is 0 Å². The highest BCUT2D eigenvalue weighted by Crippen LogP contribution is 2.23. The number of hydrogen-bond acceptors (Lipinski definition) is 4. The molecule has 0 aliphatic carbocycles. The summed E-state index contributed by atoms with van der Waals surface area (Å²) >= 11 is 4.95. The maximum atomic E-state index is 12.6. The quantitative estimate of drug-likeness (QED) is 0.739. The second-order valence-electron chi connectivity index (χ2n) is 4.81. The molecule has 1 amide bonds. The van der Waals surface area contributed by atoms with E-state index < -0.39 is 15.2 Å². The first-order valence-electron chi connectivity index (χ1n) is 6.74. The highest BCUT2D eigenvalue weighted by molar-refractivity contribution is 9.08. The second kappa shape index (κ2) is 7.15. The van der Waals surface area contributed by atoms with Gasteiger partial charge in [-0.05, 0) is 17.7 Å². The summed E-state index contributed by atoms with van der Waals surface area (Å²) in [5.74, 6) is 1.10. The number of nitrogens with zero attached hydrogens (tertiary/aromatic N) is 1. The van der Waals surface area contributed by atoms with Crippen molar-refractivity contribution in [3.8, 4) is 0 Å². The topological polar surface area (TPSA) is 54.5 Å². The molecule has 1 unspecified atom stereocenters. The normalized spacial score (nSPS) is 19.5. The summed E-state index contributed by atoms with van der Waals surface area (Å²) in [5.41, 5.74) is 1.63. The Morgan fingerprint density at radius 1 is 1.38 bits per heavy atom. The number of alkyl halides is 1. The molecule has 1 aliphatic heterocycles. The van der Waals surface area contributed by atoms with Crippen molar-refractivity contribution in [1.82, 2.24) is 4.90 Å². The molecule has 1 aliphatic rings. The van der Waals surface area contributed by atoms with Crippen LogP contribution in [0.1, 0.15) is 22.8 Å². The van der Waals surface area contributed by atoms with Crippen LogP contribution in [-0.2, 0) is 15.2 Å². The lowest BCUT2D eigenvalue weighted by molar-refractivity contribution is 0.0749. The third-order valence-electron chi connectivity index (χ3n) is 3.52. The molecule has 1 heterocycles. The van der Waals surface area contributed by atoms with Crippen LogP contribution < -0.4 is 0 Å². The Kier molecular flexibility index (Phi) is 5.73. The summed E-state index contributed by atoms with van der Waals surface area (Å²) in [6, 6.07) is 7.28. The highest BCUT2D eigenvalue weighted by Gasteiger charge is 2.36. The van der Waals surface area contributed by atoms with Crippen LogP contribution in [0.3, 0.4) is 0 Å². The van der Waals surface area contributed by atoms with Crippen molar-refractivity contribution in [2.24, 2.45) is 0 Å². The molecule has 21 heavy (non-hydrogen) atoms. The fourth-order valence-corrected chi connectivity index (χ4v) is 5.55. The average molecular weight is 392 g/mol. The first kappa shape index (κ1) is 16.8. The smallest absolute Gasteiger partial charge is 0.254 e. The van der Waals surface area contributed by atoms with Gasteiger partial charge in [0.2, 0.25) is 0 Å². The Morgan fingerprint density at radius 3 is 2.62 bits per heavy atom. The van der Waals surface area contributed by atoms with Crippen LogP contribution in [0.4, 0.5) is 0 Å². The van der Waals surface area contributed by atoms with E-state index in [1.54, 1.807) is 30.8 Å². The molecule has 0 spiro atoms. The van der Waals surface area contributed by atoms with E-state index in [4.69, 9.17) is 0 Å². The van der Waals surface area contributed by atoms with Crippen LogP contribution in [0, 0.1) is 0 Å². The van der Waals surface area contributed by atoms with Crippen LogP contribution in [0.5, 0.6) is 0 Å². The molecule has 1 atom stereocenters. The van der Waals surface area contributed by atoms with Gasteiger partial charge in [0.05, 0.1) is 0 Å². The summed E-state index contributed by atoms with van der Waals surface area (Å²) in [6.07, 6.45) is 0. The fraction of sp³-hybridized carbons (Fsp3) is 0.500. The molecule has 0 radical (unpaired) electrons. The summed E-state index contributed by atoms with van der Waals surface area (Å²) in [6.45, 7) is 2.11. The van der Waals surface area contributed by atoms with Gasteiger partial charge in [0, 0.05) is 34.7 Å². The molecule has 1 fully saturated rings. The minimum atomic E-state index is -3.26. The number of benzene rings is 1. The predicted molar refractivity (Wildman–Crippen MR) is 90.7 cm³/mol. The van der Waals surface area contributed by atoms with Crippen molar-refractivity contribution in [3.05, 3.63) is 35.4 Å². The van der Waals surface area contributed by atoms with Crippen molar-refractivity contribution >= 4 is 43.4 Å². The highest BCUT2D eigenvalue weighted by atomic mass is 79.9. The van der Waals surface area contributed by atoms with Gasteiger partial charge in [-0.25, -0.2) is 8.42 Å². The van der Waals surface area contributed by atoms with Gasteiger partial charge in [0.15, 0.2) is 9.84 Å². The standard InChI is InChI=1S/C14H18BrNO3S2/c1-2-21(18,19)13-10-20-8-7-16(13)14(17)12-5-3-11(9-15)4-6-12/h3-6,13H,2,7-10H2,1H3. The number of hydrogen-bond donors (Lipinski definition) is 0. The molecule has 4 nitrogen and oxygen atoms in total. The van der Waals surface area contributed by atoms with Crippen molar-refractivity contribution < 1.29 is 13.2 Å². The van der Waals surface area contributed by atoms with Gasteiger partial charge in [-0.3, -0.25) is 4.79 Å². The zero-order valence-electron chi connectivity index (χ0n) is 11.8. The summed E-state index contributed by atoms with van der Waals surface area (Å²) < 4.78 is 24.4. The monoisotopic (exact) mass is 391 g/mol. The van der Waals surface area contributed by atoms with E-state index in [2.05, 4.69) is 15.9 Å². The molecular formula is C14H18BrNO3S2. The van der Waals surface area contributed by atoms with E-state index >= 15 is 0 Å². The third kappa shape index (κ3) is 3.81. The lowest BCUT2D eigenvalue weighted by Gasteiger charge is -2.34. The lowest BCUT2D eigenvalue weighted by atomic mass is 10.1. The van der Waals surface area contributed by atoms with Gasteiger partial charge in [-0.1, -0.05) is 35.0 Å². The van der Waals surface area contributed by atoms with E-state index in [9.17, 15) is 13.2 Å². The zero-order chi connectivity index (χ0) is 15.5. The largest absolute Gasteiger partial charge is 0.320 e. The average Bonchev–Trinajstić information content (AvgIpc) is 2.54. The minimum Gasteiger partial charge on any atom is -0.320 e. The van der Waals surface area contributed by atoms with Crippen LogP contribution in [-0.4, -0.2) is 48.4 Å². The summed E-state index contributed by atoms with van der Waals surface area (Å²) in [7, 11) is -3.26. The molecule has 7 heteroatoms. The van der Waals surface area contributed by atoms with E-state index in [0.717, 1.165) is 16.6 Å². The van der Waals surface area contributed by atoms with Crippen LogP contribution >= 0.6 is 27.7 Å². The molecule has 0 saturated carbocycles. The number of sulfone groups is 1. The third-order valence-corrected chi connectivity index (χ3v) is 7.45. The molecule has 1 aromatic carbocycles. The Labute approximate surface area is 138 Å². The first-order chi connectivity index (χ1) is 9.99. The molecule has 1 saturated heterocycles. The number of carbonyl (C=O) groups is 1. The molecular weight excluding hydrogens is 374 g/mol. The predicted octanol–water partition coefficient (Wildman–Crippen LogP) is 2.53. The van der Waals surface area contributed by atoms with Gasteiger partial charge >= 0.3 is 0 Å². The first-order valence-corrected chi connectivity index (χ1v) is 10.7. The maximum Gasteiger partial charge on any atom is 0.254 e. The van der Waals surface area contributed by atoms with Crippen LogP contribution in [0.2, 0.25) is 0 Å². The maximum absolute atomic E-state index is 12.6. The van der Waals surface area contributed by atoms with E-state index in [-0.39, 0.29) is 11.7 Å². The molecule has 0 N–H and O–H groups in total. The Hall–Kier alpha value is -0.530. The van der Waals surface area contributed by atoms with Gasteiger partial charge in [0.25, 0.3) is 5.91 Å². The Morgan fingerprint density at radius 2 is 2.05 bits per heavy atom. The molecule has 116 valence electrons. The van der Waals surface area contributed by atoms with Crippen LogP contribution in [0.25, 0.3) is 0 Å². The van der Waals surface area contributed by atoms with Gasteiger partial charge in [-0.2, -0.15) is 11.8 Å². The number of halogens is 1. The fourth-order valence-electron chi connectivity index (χ4n) is 2.21. The molecule has 0 aromatic heterocycles. The van der Waals surface area contributed by atoms with Gasteiger partial charge < -0.3 is 4.90 Å². The number of thioether (sulfide) groups is 1. The zero-order valence-corrected chi connectivity index (χ0v) is 15.0. The molecule has 0 bridgehead atoms. The van der Waals surface area contributed by atoms with E-state index in [1.165, 1.54) is 4.90 Å². The summed E-state index contributed by atoms with van der Waals surface area (Å²) in [5, 5.41) is 0.0267. The SMILES string of the molecule is CCS(=O)(=O)C1CSCCN1C(=O)c1ccc(CBr)cc1. The van der Waals surface area contributed by atoms with Crippen molar-refractivity contribution in [3.63, 3.8) is 0 Å².